The summed E-state index contributed by atoms with van der Waals surface area (Å²) >= 11 is 6.39. The average Bonchev–Trinajstić information content (AvgIpc) is 1.60. The molecule has 3 unspecified atom stereocenters. The van der Waals surface area contributed by atoms with Crippen molar-refractivity contribution in [1.29, 1.82) is 0 Å². The maximum atomic E-state index is 15.6. The number of carboxylic acid groups (broad SMARTS) is 1. The molecule has 0 saturated carbocycles. The number of hydrogen-bond donors (Lipinski definition) is 21. The molecule has 0 radical (unpaired) electrons. The number of hydrazine groups is 2. The summed E-state index contributed by atoms with van der Waals surface area (Å²) in [6, 6.07) is -1.27. The minimum Gasteiger partial charge on any atom is -0.508 e. The second-order valence-corrected chi connectivity index (χ2v) is 38.6. The normalized spacial score (nSPS) is 22.0. The van der Waals surface area contributed by atoms with Crippen molar-refractivity contribution in [2.45, 2.75) is 322 Å². The van der Waals surface area contributed by atoms with Gasteiger partial charge in [-0.3, -0.25) is 95.9 Å². The Hall–Kier alpha value is -12.3. The first-order valence-electron chi connectivity index (χ1n) is 47.3. The minimum atomic E-state index is -1.99. The summed E-state index contributed by atoms with van der Waals surface area (Å²) in [5.74, 6) is -21.9. The van der Waals surface area contributed by atoms with E-state index >= 15 is 24.0 Å². The van der Waals surface area contributed by atoms with Crippen molar-refractivity contribution in [1.82, 2.24) is 85.2 Å². The number of rotatable bonds is 41. The number of Topliss-reactive ketones (excluding diaryl/α,β-unsaturated/α-hetero) is 8. The maximum absolute atomic E-state index is 15.6. The van der Waals surface area contributed by atoms with E-state index in [9.17, 15) is 87.2 Å². The third-order valence-electron chi connectivity index (χ3n) is 24.2. The van der Waals surface area contributed by atoms with E-state index in [1.54, 1.807) is 96.3 Å². The Morgan fingerprint density at radius 1 is 0.571 bits per heavy atom. The SMILES string of the molecule is CC(=O)N[C@@H](CC(C)C)C(=O)N[C@H](C(=O)C(=O)[C@H](Cc1ccccc1)NN[C@]1(C)CCCCCC/C=C/CCC[C@@](C)(C(=O)NC(C)C(=O)N[C@@H](C)C(=O)NC(C)C(=O)N[C@@H](C)C(=O)C(=O)[C@H](C)NCC(C)(C)C(N)=O)NC(=O)[C@H](CC(C)C)CN[C@@H](CCC(N)=O)C(=O)C(=O)C(C)NC(=O)[C@H](Cc2c[nH]c3cc(Cl)ccc23)NN[C@@H](Cc2ccc(O)cc2)C(=O)C(=O)[C@H](CCC(=O)O)NC1=O)[C@@H](C)O. The highest BCUT2D eigenvalue weighted by Gasteiger charge is 2.45. The van der Waals surface area contributed by atoms with Crippen LogP contribution < -0.4 is 91.7 Å². The Bertz CT molecular complexity index is 5080. The van der Waals surface area contributed by atoms with Crippen molar-refractivity contribution in [2.75, 3.05) is 13.1 Å². The number of phenolic OH excluding ortho intramolecular Hbond substituents is 1. The Morgan fingerprint density at radius 2 is 1.14 bits per heavy atom. The van der Waals surface area contributed by atoms with Crippen molar-refractivity contribution >= 4 is 140 Å². The van der Waals surface area contributed by atoms with Gasteiger partial charge in [0.2, 0.25) is 111 Å². The van der Waals surface area contributed by atoms with Crippen LogP contribution in [0.5, 0.6) is 5.75 Å². The highest BCUT2D eigenvalue weighted by molar-refractivity contribution is 6.43. The number of aliphatic hydroxyl groups is 1. The van der Waals surface area contributed by atoms with Gasteiger partial charge in [-0.15, -0.1) is 0 Å². The Morgan fingerprint density at radius 3 is 1.73 bits per heavy atom. The number of aliphatic hydroxyl groups excluding tert-OH is 1. The molecule has 5 rings (SSSR count). The molecule has 41 nitrogen and oxygen atoms in total. The first kappa shape index (κ1) is 118. The van der Waals surface area contributed by atoms with E-state index in [4.69, 9.17) is 23.1 Å². The maximum Gasteiger partial charge on any atom is 0.303 e. The van der Waals surface area contributed by atoms with Gasteiger partial charge in [0, 0.05) is 61.4 Å². The minimum absolute atomic E-state index is 0.0397. The molecule has 140 heavy (non-hydrogen) atoms. The fourth-order valence-corrected chi connectivity index (χ4v) is 15.5. The molecule has 1 aromatic heterocycles. The van der Waals surface area contributed by atoms with Crippen LogP contribution in [0.15, 0.2) is 91.1 Å². The summed E-state index contributed by atoms with van der Waals surface area (Å²) in [6.07, 6.45) is 2.76. The number of carboxylic acids is 1. The first-order valence-corrected chi connectivity index (χ1v) is 47.7. The number of carbonyl (C=O) groups excluding carboxylic acids is 19. The topological polar surface area (TPSA) is 650 Å². The summed E-state index contributed by atoms with van der Waals surface area (Å²) in [5, 5.41) is 61.4. The fourth-order valence-electron chi connectivity index (χ4n) is 15.4. The molecule has 0 saturated heterocycles. The lowest BCUT2D eigenvalue weighted by Crippen LogP contribution is -2.66. The Balaban J connectivity index is 1.59. The number of fused-ring (bicyclic) bond motifs is 1. The molecule has 42 heteroatoms. The molecule has 0 aliphatic carbocycles. The van der Waals surface area contributed by atoms with E-state index in [0.29, 0.717) is 64.7 Å². The molecule has 1 aliphatic rings. The summed E-state index contributed by atoms with van der Waals surface area (Å²) in [7, 11) is 0. The molecule has 4 aromatic rings. The first-order chi connectivity index (χ1) is 65.6. The molecule has 23 N–H and O–H groups in total. The number of aliphatic carboxylic acids is 1. The van der Waals surface area contributed by atoms with Gasteiger partial charge in [-0.2, -0.15) is 0 Å². The zero-order valence-electron chi connectivity index (χ0n) is 82.7. The van der Waals surface area contributed by atoms with E-state index in [0.717, 1.165) is 0 Å². The van der Waals surface area contributed by atoms with Crippen LogP contribution in [-0.4, -0.2) is 246 Å². The van der Waals surface area contributed by atoms with E-state index in [2.05, 4.69) is 85.2 Å². The molecule has 3 aromatic carbocycles. The molecule has 0 fully saturated rings. The number of H-pyrrole nitrogens is 1. The van der Waals surface area contributed by atoms with E-state index < -0.39 is 256 Å². The second-order valence-electron chi connectivity index (χ2n) is 38.2. The van der Waals surface area contributed by atoms with Gasteiger partial charge in [-0.05, 0) is 206 Å². The van der Waals surface area contributed by atoms with Gasteiger partial charge >= 0.3 is 5.97 Å². The standard InChI is InChI=1S/C98H143ClN18O23/c1-52(2)43-65-50-102-69(37-39-76(100)121)82(127)81(126)56(7)106-92(137)75(47-64-49-103-71-48-66(99)33-36-68(64)71)115-114-72(46-63-31-34-67(120)35-32-63)84(129)83(128)70(38-40-77(122)123)111-95(140)98(16,117-116-73(45-62-29-25-24-26-30-62)85(130)86(131)78(60(11)118)112-91(136)74(44-53(3)4)110-61(12)119)42-28-23-21-19-17-18-20-22-27-41-97(15,113-90(65)135)94(139)109-59(10)89(134)108-58(9)88(133)107-57(8)87(132)105-55(6)80(125)79(124)54(5)104-51-96(13,14)93(101)138/h18,20,24-26,29-36,48-49,52-60,65,69-70,72-75,78,102-104,114-118,120H,17,19,21-23,27-28,37-47,50-51H2,1-16H3,(H2,100,121)(H2,101,138)(H,105,132)(H,106,137)(H,107,133)(H,108,134)(H,109,139)(H,110,119)(H,111,140)(H,112,136)(H,113,135)(H,122,123)/b20-18+/t54-,55-,56?,57?,58-,59?,60+,65+,69-,70-,72-,73-,74-,75-,78-,97-,98+/m0/s1. The van der Waals surface area contributed by atoms with Crippen LogP contribution in [0.2, 0.25) is 5.02 Å². The van der Waals surface area contributed by atoms with Crippen LogP contribution in [0, 0.1) is 23.2 Å². The molecule has 1 aliphatic heterocycles. The summed E-state index contributed by atoms with van der Waals surface area (Å²) < 4.78 is 0. The predicted molar refractivity (Wildman–Crippen MR) is 520 cm³/mol. The zero-order chi connectivity index (χ0) is 105. The lowest BCUT2D eigenvalue weighted by molar-refractivity contribution is -0.143. The number of carbonyl (C=O) groups is 20. The number of allylic oxidation sites excluding steroid dienone is 2. The summed E-state index contributed by atoms with van der Waals surface area (Å²) in [4.78, 5) is 284. The van der Waals surface area contributed by atoms with Gasteiger partial charge in [-0.25, -0.2) is 21.7 Å². The number of aromatic nitrogens is 1. The van der Waals surface area contributed by atoms with Gasteiger partial charge in [0.05, 0.1) is 59.7 Å². The monoisotopic (exact) mass is 1980 g/mol. The number of aromatic hydroxyl groups is 1. The Labute approximate surface area is 820 Å². The zero-order valence-corrected chi connectivity index (χ0v) is 83.4. The third-order valence-corrected chi connectivity index (χ3v) is 24.5. The van der Waals surface area contributed by atoms with Crippen LogP contribution in [-0.2, 0) is 115 Å². The number of phenols is 1. The largest absolute Gasteiger partial charge is 0.508 e. The Kier molecular flexibility index (Phi) is 47.5. The number of nitrogens with one attached hydrogen (secondary N) is 16. The van der Waals surface area contributed by atoms with Crippen molar-refractivity contribution in [2.24, 2.45) is 34.6 Å². The van der Waals surface area contributed by atoms with Crippen LogP contribution in [0.4, 0.5) is 0 Å². The van der Waals surface area contributed by atoms with Crippen LogP contribution in [0.25, 0.3) is 10.9 Å². The number of amides is 11. The molecule has 17 atom stereocenters. The number of ketones is 8. The molecule has 0 spiro atoms. The predicted octanol–water partition coefficient (Wildman–Crippen LogP) is 1.78. The average molecular weight is 1980 g/mol. The number of aromatic amines is 1. The molecule has 770 valence electrons. The lowest BCUT2D eigenvalue weighted by Gasteiger charge is -2.34. The summed E-state index contributed by atoms with van der Waals surface area (Å²) in [5.41, 5.74) is 19.4. The molecule has 0 bridgehead atoms. The van der Waals surface area contributed by atoms with Crippen molar-refractivity contribution in [3.8, 4) is 5.75 Å². The second kappa shape index (κ2) is 56.3. The molecule has 2 heterocycles. The van der Waals surface area contributed by atoms with Crippen LogP contribution in [0.3, 0.4) is 0 Å². The van der Waals surface area contributed by atoms with Gasteiger partial charge < -0.3 is 90.3 Å². The smallest absolute Gasteiger partial charge is 0.303 e. The van der Waals surface area contributed by atoms with Crippen molar-refractivity contribution in [3.63, 3.8) is 0 Å². The number of primary amides is 2. The quantitative estimate of drug-likeness (QED) is 0.0171. The molecular weight excluding hydrogens is 1830 g/mol. The van der Waals surface area contributed by atoms with Crippen molar-refractivity contribution < 1.29 is 111 Å². The highest BCUT2D eigenvalue weighted by Crippen LogP contribution is 2.27. The van der Waals surface area contributed by atoms with Gasteiger partial charge in [0.15, 0.2) is 0 Å². The number of halogens is 1. The molecule has 11 amide bonds. The van der Waals surface area contributed by atoms with Crippen molar-refractivity contribution in [3.05, 3.63) is 113 Å². The number of benzene rings is 3. The fraction of sp³-hybridized carbons (Fsp3) is 0.571. The van der Waals surface area contributed by atoms with E-state index in [-0.39, 0.29) is 82.0 Å². The van der Waals surface area contributed by atoms with Gasteiger partial charge in [0.25, 0.3) is 0 Å². The third kappa shape index (κ3) is 38.1. The summed E-state index contributed by atoms with van der Waals surface area (Å²) in [6.45, 7) is 22.7. The van der Waals surface area contributed by atoms with Crippen LogP contribution >= 0.6 is 11.6 Å². The number of nitrogens with two attached hydrogens (primary N) is 2. The van der Waals surface area contributed by atoms with Gasteiger partial charge in [-0.1, -0.05) is 119 Å². The number of hydrogen-bond acceptors (Lipinski definition) is 28. The lowest BCUT2D eigenvalue weighted by atomic mass is 9.89. The highest BCUT2D eigenvalue weighted by atomic mass is 35.5. The van der Waals surface area contributed by atoms with Crippen LogP contribution in [0.1, 0.15) is 224 Å². The molecular formula is C98H143ClN18O23. The van der Waals surface area contributed by atoms with E-state index in [1.807, 2.05) is 12.2 Å². The van der Waals surface area contributed by atoms with E-state index in [1.165, 1.54) is 93.5 Å². The van der Waals surface area contributed by atoms with Gasteiger partial charge in [0.1, 0.15) is 53.1 Å².